The summed E-state index contributed by atoms with van der Waals surface area (Å²) in [6.07, 6.45) is 0.315. The van der Waals surface area contributed by atoms with E-state index in [0.717, 1.165) is 10.9 Å². The lowest BCUT2D eigenvalue weighted by Gasteiger charge is -2.21. The fourth-order valence-electron chi connectivity index (χ4n) is 4.41. The number of aromatic nitrogens is 1. The summed E-state index contributed by atoms with van der Waals surface area (Å²) in [6, 6.07) is 19.6. The average molecular weight is 511 g/mol. The van der Waals surface area contributed by atoms with E-state index in [4.69, 9.17) is 34.8 Å². The number of hydrogen-bond acceptors (Lipinski definition) is 3. The zero-order valence-electron chi connectivity index (χ0n) is 18.0. The standard InChI is InChI=1S/C26H18Cl3N3O2/c1-14(33)32-23(18-9-7-17(28)12-20(18)29)13-22(31-32)25-24(15-5-3-2-4-6-15)19-11-16(27)8-10-21(19)30-26(25)34/h2-12,23H,13H2,1H3,(H,30,34)/t23-/m0/s1. The Kier molecular flexibility index (Phi) is 5.94. The summed E-state index contributed by atoms with van der Waals surface area (Å²) in [5, 5.41) is 8.26. The molecule has 2 heterocycles. The van der Waals surface area contributed by atoms with Gasteiger partial charge in [0.1, 0.15) is 0 Å². The molecule has 1 aromatic heterocycles. The van der Waals surface area contributed by atoms with Gasteiger partial charge in [0.05, 0.1) is 17.3 Å². The summed E-state index contributed by atoms with van der Waals surface area (Å²) in [4.78, 5) is 28.9. The molecule has 5 rings (SSSR count). The van der Waals surface area contributed by atoms with E-state index >= 15 is 0 Å². The highest BCUT2D eigenvalue weighted by atomic mass is 35.5. The Bertz CT molecular complexity index is 1530. The molecule has 0 fully saturated rings. The Morgan fingerprint density at radius 1 is 0.971 bits per heavy atom. The van der Waals surface area contributed by atoms with Crippen LogP contribution in [0.4, 0.5) is 0 Å². The zero-order valence-corrected chi connectivity index (χ0v) is 20.2. The first kappa shape index (κ1) is 22.7. The van der Waals surface area contributed by atoms with E-state index in [0.29, 0.717) is 49.4 Å². The van der Waals surface area contributed by atoms with Gasteiger partial charge in [-0.3, -0.25) is 9.59 Å². The molecule has 0 radical (unpaired) electrons. The van der Waals surface area contributed by atoms with E-state index in [2.05, 4.69) is 10.1 Å². The van der Waals surface area contributed by atoms with Crippen LogP contribution in [0.5, 0.6) is 0 Å². The minimum Gasteiger partial charge on any atom is -0.321 e. The van der Waals surface area contributed by atoms with Crippen LogP contribution < -0.4 is 5.56 Å². The van der Waals surface area contributed by atoms with E-state index in [1.54, 1.807) is 30.3 Å². The molecule has 1 N–H and O–H groups in total. The molecule has 0 bridgehead atoms. The molecule has 1 amide bonds. The predicted octanol–water partition coefficient (Wildman–Crippen LogP) is 6.85. The van der Waals surface area contributed by atoms with E-state index in [-0.39, 0.29) is 11.5 Å². The number of aromatic amines is 1. The van der Waals surface area contributed by atoms with Crippen LogP contribution >= 0.6 is 34.8 Å². The highest BCUT2D eigenvalue weighted by Gasteiger charge is 2.35. The Hall–Kier alpha value is -3.12. The van der Waals surface area contributed by atoms with Gasteiger partial charge in [-0.05, 0) is 41.5 Å². The van der Waals surface area contributed by atoms with Crippen molar-refractivity contribution in [3.05, 3.63) is 103 Å². The van der Waals surface area contributed by atoms with Gasteiger partial charge in [0.15, 0.2) is 0 Å². The van der Waals surface area contributed by atoms with Crippen molar-refractivity contribution < 1.29 is 4.79 Å². The Morgan fingerprint density at radius 2 is 1.68 bits per heavy atom. The summed E-state index contributed by atoms with van der Waals surface area (Å²) in [5.74, 6) is -0.257. The number of nitrogens with zero attached hydrogens (tertiary/aromatic N) is 2. The van der Waals surface area contributed by atoms with E-state index in [1.807, 2.05) is 36.4 Å². The first-order valence-corrected chi connectivity index (χ1v) is 11.7. The first-order chi connectivity index (χ1) is 16.3. The molecule has 0 saturated carbocycles. The van der Waals surface area contributed by atoms with Crippen LogP contribution in [0.1, 0.15) is 30.5 Å². The number of fused-ring (bicyclic) bond motifs is 1. The maximum atomic E-state index is 13.4. The molecular weight excluding hydrogens is 493 g/mol. The molecule has 34 heavy (non-hydrogen) atoms. The Labute approximate surface area is 210 Å². The quantitative estimate of drug-likeness (QED) is 0.327. The van der Waals surface area contributed by atoms with Gasteiger partial charge in [-0.25, -0.2) is 5.01 Å². The fraction of sp³-hybridized carbons (Fsp3) is 0.115. The number of H-pyrrole nitrogens is 1. The summed E-state index contributed by atoms with van der Waals surface area (Å²) < 4.78 is 0. The van der Waals surface area contributed by atoms with Crippen molar-refractivity contribution in [2.75, 3.05) is 0 Å². The van der Waals surface area contributed by atoms with Crippen LogP contribution in [0.25, 0.3) is 22.0 Å². The monoisotopic (exact) mass is 509 g/mol. The van der Waals surface area contributed by atoms with Gasteiger partial charge in [0, 0.05) is 44.9 Å². The predicted molar refractivity (Wildman–Crippen MR) is 138 cm³/mol. The Morgan fingerprint density at radius 3 is 2.38 bits per heavy atom. The van der Waals surface area contributed by atoms with Crippen molar-refractivity contribution in [3.8, 4) is 11.1 Å². The number of hydrazone groups is 1. The first-order valence-electron chi connectivity index (χ1n) is 10.6. The number of benzene rings is 3. The van der Waals surface area contributed by atoms with Crippen molar-refractivity contribution >= 4 is 57.3 Å². The zero-order chi connectivity index (χ0) is 24.0. The molecule has 4 aromatic rings. The second kappa shape index (κ2) is 8.91. The molecular formula is C26H18Cl3N3O2. The Balaban J connectivity index is 1.74. The summed E-state index contributed by atoms with van der Waals surface area (Å²) in [6.45, 7) is 1.44. The minimum atomic E-state index is -0.463. The van der Waals surface area contributed by atoms with E-state index in [1.165, 1.54) is 11.9 Å². The van der Waals surface area contributed by atoms with Crippen molar-refractivity contribution in [1.29, 1.82) is 0 Å². The van der Waals surface area contributed by atoms with Gasteiger partial charge < -0.3 is 4.98 Å². The third kappa shape index (κ3) is 4.00. The molecule has 1 atom stereocenters. The summed E-state index contributed by atoms with van der Waals surface area (Å²) in [5.41, 5.74) is 3.54. The number of pyridine rings is 1. The van der Waals surface area contributed by atoms with Crippen molar-refractivity contribution in [1.82, 2.24) is 9.99 Å². The highest BCUT2D eigenvalue weighted by molar-refractivity contribution is 6.35. The molecule has 1 aliphatic heterocycles. The van der Waals surface area contributed by atoms with Gasteiger partial charge in [0.2, 0.25) is 5.91 Å². The average Bonchev–Trinajstić information content (AvgIpc) is 3.24. The smallest absolute Gasteiger partial charge is 0.258 e. The van der Waals surface area contributed by atoms with Crippen molar-refractivity contribution in [2.24, 2.45) is 5.10 Å². The molecule has 0 unspecified atom stereocenters. The molecule has 3 aromatic carbocycles. The van der Waals surface area contributed by atoms with Crippen LogP contribution in [-0.4, -0.2) is 21.6 Å². The van der Waals surface area contributed by atoms with E-state index < -0.39 is 6.04 Å². The van der Waals surface area contributed by atoms with Crippen LogP contribution in [0.2, 0.25) is 15.1 Å². The lowest BCUT2D eigenvalue weighted by atomic mass is 9.91. The number of nitrogens with one attached hydrogen (secondary N) is 1. The summed E-state index contributed by atoms with van der Waals surface area (Å²) >= 11 is 18.9. The molecule has 0 aliphatic carbocycles. The molecule has 170 valence electrons. The van der Waals surface area contributed by atoms with Gasteiger partial charge >= 0.3 is 0 Å². The molecule has 5 nitrogen and oxygen atoms in total. The largest absolute Gasteiger partial charge is 0.321 e. The van der Waals surface area contributed by atoms with Crippen LogP contribution in [0.15, 0.2) is 76.6 Å². The SMILES string of the molecule is CC(=O)N1N=C(c2c(-c3ccccc3)c3cc(Cl)ccc3[nH]c2=O)C[C@H]1c1ccc(Cl)cc1Cl. The number of halogens is 3. The number of rotatable bonds is 3. The van der Waals surface area contributed by atoms with E-state index in [9.17, 15) is 9.59 Å². The van der Waals surface area contributed by atoms with Gasteiger partial charge in [-0.2, -0.15) is 5.10 Å². The van der Waals surface area contributed by atoms with Gasteiger partial charge in [0.25, 0.3) is 5.56 Å². The number of hydrogen-bond donors (Lipinski definition) is 1. The third-order valence-corrected chi connectivity index (χ3v) is 6.68. The van der Waals surface area contributed by atoms with Gasteiger partial charge in [-0.15, -0.1) is 0 Å². The van der Waals surface area contributed by atoms with Crippen LogP contribution in [-0.2, 0) is 4.79 Å². The molecule has 1 aliphatic rings. The lowest BCUT2D eigenvalue weighted by molar-refractivity contribution is -0.130. The second-order valence-electron chi connectivity index (χ2n) is 8.06. The van der Waals surface area contributed by atoms with Crippen molar-refractivity contribution in [2.45, 2.75) is 19.4 Å². The van der Waals surface area contributed by atoms with Crippen LogP contribution in [0.3, 0.4) is 0 Å². The number of amides is 1. The molecule has 0 saturated heterocycles. The summed E-state index contributed by atoms with van der Waals surface area (Å²) in [7, 11) is 0. The normalized spacial score (nSPS) is 15.6. The molecule has 8 heteroatoms. The second-order valence-corrected chi connectivity index (χ2v) is 9.34. The maximum Gasteiger partial charge on any atom is 0.258 e. The third-order valence-electron chi connectivity index (χ3n) is 5.88. The number of carbonyl (C=O) groups is 1. The maximum absolute atomic E-state index is 13.4. The number of carbonyl (C=O) groups excluding carboxylic acids is 1. The van der Waals surface area contributed by atoms with Gasteiger partial charge in [-0.1, -0.05) is 71.2 Å². The topological polar surface area (TPSA) is 65.5 Å². The van der Waals surface area contributed by atoms with Crippen molar-refractivity contribution in [3.63, 3.8) is 0 Å². The lowest BCUT2D eigenvalue weighted by Crippen LogP contribution is -2.24. The highest BCUT2D eigenvalue weighted by Crippen LogP contribution is 2.39. The fourth-order valence-corrected chi connectivity index (χ4v) is 5.12. The minimum absolute atomic E-state index is 0.257. The molecule has 0 spiro atoms. The van der Waals surface area contributed by atoms with Crippen LogP contribution in [0, 0.1) is 0 Å².